The molecule has 0 spiro atoms. The number of hydrogen-bond donors (Lipinski definition) is 2. The summed E-state index contributed by atoms with van der Waals surface area (Å²) in [5.74, 6) is -0.00927. The minimum Gasteiger partial charge on any atom is -0.452 e. The van der Waals surface area contributed by atoms with Crippen LogP contribution < -0.4 is 10.9 Å². The van der Waals surface area contributed by atoms with Crippen LogP contribution in [0.5, 0.6) is 0 Å². The van der Waals surface area contributed by atoms with Crippen LogP contribution in [0.4, 0.5) is 0 Å². The number of pyridine rings is 1. The van der Waals surface area contributed by atoms with Gasteiger partial charge in [-0.3, -0.25) is 9.59 Å². The Bertz CT molecular complexity index is 873. The predicted octanol–water partition coefficient (Wildman–Crippen LogP) is 2.63. The van der Waals surface area contributed by atoms with E-state index in [0.717, 1.165) is 12.8 Å². The second-order valence-corrected chi connectivity index (χ2v) is 7.11. The first kappa shape index (κ1) is 18.2. The van der Waals surface area contributed by atoms with Gasteiger partial charge in [-0.15, -0.1) is 0 Å². The fourth-order valence-corrected chi connectivity index (χ4v) is 3.62. The zero-order chi connectivity index (χ0) is 18.7. The number of H-pyrrole nitrogens is 1. The van der Waals surface area contributed by atoms with Gasteiger partial charge in [-0.2, -0.15) is 0 Å². The van der Waals surface area contributed by atoms with Crippen LogP contribution in [0.15, 0.2) is 35.1 Å². The van der Waals surface area contributed by atoms with E-state index in [9.17, 15) is 14.4 Å². The smallest absolute Gasteiger partial charge is 0.339 e. The molecule has 2 aromatic rings. The molecular weight excluding hydrogens is 332 g/mol. The maximum Gasteiger partial charge on any atom is 0.339 e. The van der Waals surface area contributed by atoms with Crippen molar-refractivity contribution in [2.45, 2.75) is 39.2 Å². The number of aromatic nitrogens is 1. The Balaban J connectivity index is 1.64. The Labute approximate surface area is 151 Å². The normalized spacial score (nSPS) is 22.8. The molecule has 0 unspecified atom stereocenters. The largest absolute Gasteiger partial charge is 0.452 e. The molecule has 1 saturated carbocycles. The van der Waals surface area contributed by atoms with Crippen LogP contribution in [-0.4, -0.2) is 29.5 Å². The maximum absolute atomic E-state index is 12.4. The van der Waals surface area contributed by atoms with Crippen molar-refractivity contribution in [1.29, 1.82) is 0 Å². The molecule has 1 aromatic heterocycles. The third kappa shape index (κ3) is 3.95. The maximum atomic E-state index is 12.4. The second kappa shape index (κ2) is 7.72. The lowest BCUT2D eigenvalue weighted by Gasteiger charge is -2.34. The van der Waals surface area contributed by atoms with Gasteiger partial charge in [0.2, 0.25) is 5.56 Å². The zero-order valence-corrected chi connectivity index (χ0v) is 15.1. The molecule has 26 heavy (non-hydrogen) atoms. The Morgan fingerprint density at radius 1 is 1.23 bits per heavy atom. The van der Waals surface area contributed by atoms with E-state index in [-0.39, 0.29) is 29.7 Å². The summed E-state index contributed by atoms with van der Waals surface area (Å²) < 4.78 is 5.15. The number of ether oxygens (including phenoxy) is 1. The minimum absolute atomic E-state index is 0.116. The van der Waals surface area contributed by atoms with E-state index in [2.05, 4.69) is 24.1 Å². The lowest BCUT2D eigenvalue weighted by Crippen LogP contribution is -2.45. The number of benzene rings is 1. The minimum atomic E-state index is -0.674. The molecule has 6 nitrogen and oxygen atoms in total. The van der Waals surface area contributed by atoms with Crippen molar-refractivity contribution < 1.29 is 14.3 Å². The van der Waals surface area contributed by atoms with Gasteiger partial charge < -0.3 is 15.0 Å². The molecule has 1 aliphatic carbocycles. The van der Waals surface area contributed by atoms with Crippen molar-refractivity contribution in [3.05, 3.63) is 46.2 Å². The molecule has 1 aliphatic rings. The van der Waals surface area contributed by atoms with Gasteiger partial charge in [0.15, 0.2) is 6.61 Å². The summed E-state index contributed by atoms with van der Waals surface area (Å²) in [5.41, 5.74) is 0.336. The van der Waals surface area contributed by atoms with Crippen LogP contribution >= 0.6 is 0 Å². The first-order valence-electron chi connectivity index (χ1n) is 9.04. The van der Waals surface area contributed by atoms with Gasteiger partial charge in [-0.05, 0) is 24.3 Å². The van der Waals surface area contributed by atoms with Crippen molar-refractivity contribution in [2.75, 3.05) is 6.61 Å². The summed E-state index contributed by atoms with van der Waals surface area (Å²) in [5, 5.41) is 3.56. The Morgan fingerprint density at radius 2 is 2.00 bits per heavy atom. The molecule has 1 amide bonds. The van der Waals surface area contributed by atoms with Crippen LogP contribution in [0.3, 0.4) is 0 Å². The second-order valence-electron chi connectivity index (χ2n) is 7.11. The molecule has 2 N–H and O–H groups in total. The molecule has 1 aromatic carbocycles. The first-order valence-corrected chi connectivity index (χ1v) is 9.04. The SMILES string of the molecule is C[C@H]1[C@H](C)CCC[C@@H]1NC(=O)COC(=O)c1cc(=O)[nH]c2ccccc12. The molecule has 1 heterocycles. The highest BCUT2D eigenvalue weighted by atomic mass is 16.5. The van der Waals surface area contributed by atoms with E-state index >= 15 is 0 Å². The summed E-state index contributed by atoms with van der Waals surface area (Å²) in [6.07, 6.45) is 3.22. The number of rotatable bonds is 4. The number of aromatic amines is 1. The number of hydrogen-bond acceptors (Lipinski definition) is 4. The van der Waals surface area contributed by atoms with E-state index < -0.39 is 5.97 Å². The van der Waals surface area contributed by atoms with Crippen molar-refractivity contribution in [3.8, 4) is 0 Å². The van der Waals surface area contributed by atoms with Crippen LogP contribution in [0.25, 0.3) is 10.9 Å². The lowest BCUT2D eigenvalue weighted by molar-refractivity contribution is -0.125. The highest BCUT2D eigenvalue weighted by Crippen LogP contribution is 2.29. The first-order chi connectivity index (χ1) is 12.5. The molecule has 0 saturated heterocycles. The fourth-order valence-electron chi connectivity index (χ4n) is 3.62. The Kier molecular flexibility index (Phi) is 5.40. The van der Waals surface area contributed by atoms with Crippen LogP contribution in [0.2, 0.25) is 0 Å². The number of fused-ring (bicyclic) bond motifs is 1. The van der Waals surface area contributed by atoms with E-state index in [1.807, 2.05) is 0 Å². The van der Waals surface area contributed by atoms with E-state index in [4.69, 9.17) is 4.74 Å². The fraction of sp³-hybridized carbons (Fsp3) is 0.450. The molecule has 1 fully saturated rings. The van der Waals surface area contributed by atoms with Crippen LogP contribution in [0, 0.1) is 11.8 Å². The monoisotopic (exact) mass is 356 g/mol. The lowest BCUT2D eigenvalue weighted by atomic mass is 9.78. The molecule has 0 bridgehead atoms. The number of carbonyl (C=O) groups excluding carboxylic acids is 2. The van der Waals surface area contributed by atoms with E-state index in [1.165, 1.54) is 12.5 Å². The van der Waals surface area contributed by atoms with Crippen LogP contribution in [0.1, 0.15) is 43.5 Å². The summed E-state index contributed by atoms with van der Waals surface area (Å²) in [7, 11) is 0. The number of para-hydroxylation sites is 1. The van der Waals surface area contributed by atoms with Crippen molar-refractivity contribution >= 4 is 22.8 Å². The van der Waals surface area contributed by atoms with Crippen molar-refractivity contribution in [3.63, 3.8) is 0 Å². The molecular formula is C20H24N2O4. The van der Waals surface area contributed by atoms with Gasteiger partial charge in [-0.25, -0.2) is 4.79 Å². The van der Waals surface area contributed by atoms with Gasteiger partial charge >= 0.3 is 5.97 Å². The topological polar surface area (TPSA) is 88.3 Å². The Morgan fingerprint density at radius 3 is 2.81 bits per heavy atom. The zero-order valence-electron chi connectivity index (χ0n) is 15.1. The third-order valence-electron chi connectivity index (χ3n) is 5.36. The van der Waals surface area contributed by atoms with Gasteiger partial charge in [0.25, 0.3) is 5.91 Å². The summed E-state index contributed by atoms with van der Waals surface area (Å²) in [6.45, 7) is 3.99. The summed E-state index contributed by atoms with van der Waals surface area (Å²) >= 11 is 0. The van der Waals surface area contributed by atoms with Gasteiger partial charge in [0.05, 0.1) is 5.56 Å². The van der Waals surface area contributed by atoms with Crippen molar-refractivity contribution in [1.82, 2.24) is 10.3 Å². The van der Waals surface area contributed by atoms with Gasteiger partial charge in [0, 0.05) is 23.0 Å². The van der Waals surface area contributed by atoms with Crippen LogP contribution in [-0.2, 0) is 9.53 Å². The number of esters is 1. The standard InChI is InChI=1S/C20H24N2O4/c1-12-6-5-9-16(13(12)2)21-19(24)11-26-20(25)15-10-18(23)22-17-8-4-3-7-14(15)17/h3-4,7-8,10,12-13,16H,5-6,9,11H2,1-2H3,(H,21,24)(H,22,23)/t12-,13+,16+/m1/s1. The molecule has 3 rings (SSSR count). The van der Waals surface area contributed by atoms with Gasteiger partial charge in [-0.1, -0.05) is 44.9 Å². The predicted molar refractivity (Wildman–Crippen MR) is 99.0 cm³/mol. The average molecular weight is 356 g/mol. The number of carbonyl (C=O) groups is 2. The quantitative estimate of drug-likeness (QED) is 0.824. The summed E-state index contributed by atoms with van der Waals surface area (Å²) in [4.78, 5) is 38.9. The molecule has 6 heteroatoms. The summed E-state index contributed by atoms with van der Waals surface area (Å²) in [6, 6.07) is 8.31. The third-order valence-corrected chi connectivity index (χ3v) is 5.36. The highest BCUT2D eigenvalue weighted by molar-refractivity contribution is 6.03. The highest BCUT2D eigenvalue weighted by Gasteiger charge is 2.28. The van der Waals surface area contributed by atoms with Gasteiger partial charge in [0.1, 0.15) is 0 Å². The molecule has 0 radical (unpaired) electrons. The number of amides is 1. The molecule has 138 valence electrons. The Hall–Kier alpha value is -2.63. The average Bonchev–Trinajstić information content (AvgIpc) is 2.62. The molecule has 0 aliphatic heterocycles. The van der Waals surface area contributed by atoms with E-state index in [1.54, 1.807) is 24.3 Å². The van der Waals surface area contributed by atoms with Crippen molar-refractivity contribution in [2.24, 2.45) is 11.8 Å². The number of nitrogens with one attached hydrogen (secondary N) is 2. The molecule has 3 atom stereocenters. The van der Waals surface area contributed by atoms with E-state index in [0.29, 0.717) is 22.7 Å².